The second-order valence-electron chi connectivity index (χ2n) is 7.07. The zero-order chi connectivity index (χ0) is 19.0. The lowest BCUT2D eigenvalue weighted by Gasteiger charge is -2.46. The van der Waals surface area contributed by atoms with Gasteiger partial charge in [-0.05, 0) is 52.0 Å². The topological polar surface area (TPSA) is 92.5 Å². The van der Waals surface area contributed by atoms with Gasteiger partial charge in [-0.25, -0.2) is 0 Å². The first kappa shape index (κ1) is 19.8. The maximum Gasteiger partial charge on any atom is 0.289 e. The van der Waals surface area contributed by atoms with Crippen LogP contribution in [0.25, 0.3) is 0 Å². The summed E-state index contributed by atoms with van der Waals surface area (Å²) < 4.78 is -0.780. The lowest BCUT2D eigenvalue weighted by molar-refractivity contribution is -0.134. The summed E-state index contributed by atoms with van der Waals surface area (Å²) in [7, 11) is 0. The largest absolute Gasteiger partial charge is 0.339 e. The molecule has 2 rings (SSSR count). The molecule has 136 valence electrons. The molecule has 1 saturated heterocycles. The van der Waals surface area contributed by atoms with Gasteiger partial charge in [0, 0.05) is 21.9 Å². The molecule has 1 aliphatic heterocycles. The van der Waals surface area contributed by atoms with E-state index in [1.54, 1.807) is 52.0 Å². The molecule has 3 N–H and O–H groups in total. The number of halogens is 1. The van der Waals surface area contributed by atoms with E-state index in [2.05, 4.69) is 5.32 Å². The molecule has 1 unspecified atom stereocenters. The highest BCUT2D eigenvalue weighted by atomic mass is 35.5. The fourth-order valence-corrected chi connectivity index (χ4v) is 3.82. The molecule has 1 aliphatic rings. The maximum absolute atomic E-state index is 13.0. The molecule has 0 bridgehead atoms. The van der Waals surface area contributed by atoms with E-state index in [1.165, 1.54) is 0 Å². The number of nitrogens with one attached hydrogen (secondary N) is 1. The highest BCUT2D eigenvalue weighted by molar-refractivity contribution is 8.14. The van der Waals surface area contributed by atoms with Crippen LogP contribution in [0.4, 0.5) is 4.79 Å². The molecule has 0 aliphatic carbocycles. The number of thioether (sulfide) groups is 1. The quantitative estimate of drug-likeness (QED) is 0.833. The molecule has 1 heterocycles. The van der Waals surface area contributed by atoms with Crippen molar-refractivity contribution in [3.05, 3.63) is 34.9 Å². The van der Waals surface area contributed by atoms with Crippen molar-refractivity contribution >= 4 is 40.4 Å². The van der Waals surface area contributed by atoms with Gasteiger partial charge >= 0.3 is 0 Å². The van der Waals surface area contributed by atoms with Crippen molar-refractivity contribution in [3.63, 3.8) is 0 Å². The van der Waals surface area contributed by atoms with Gasteiger partial charge in [-0.1, -0.05) is 23.4 Å². The average molecular weight is 384 g/mol. The summed E-state index contributed by atoms with van der Waals surface area (Å²) in [6.45, 7) is 7.09. The van der Waals surface area contributed by atoms with Gasteiger partial charge in [-0.15, -0.1) is 0 Å². The lowest BCUT2D eigenvalue weighted by atomic mass is 9.96. The minimum Gasteiger partial charge on any atom is -0.339 e. The van der Waals surface area contributed by atoms with Crippen molar-refractivity contribution < 1.29 is 14.4 Å². The Bertz CT molecular complexity index is 704. The predicted octanol–water partition coefficient (Wildman–Crippen LogP) is 2.65. The summed E-state index contributed by atoms with van der Waals surface area (Å²) in [5.41, 5.74) is 5.28. The molecular weight excluding hydrogens is 362 g/mol. The van der Waals surface area contributed by atoms with Crippen LogP contribution >= 0.6 is 23.4 Å². The number of nitrogens with two attached hydrogens (primary N) is 1. The second-order valence-corrected chi connectivity index (χ2v) is 9.12. The third-order valence-electron chi connectivity index (χ3n) is 4.18. The van der Waals surface area contributed by atoms with Crippen LogP contribution in [-0.4, -0.2) is 44.8 Å². The first-order valence-corrected chi connectivity index (χ1v) is 9.02. The molecule has 1 aromatic rings. The Morgan fingerprint density at radius 2 is 1.88 bits per heavy atom. The van der Waals surface area contributed by atoms with Gasteiger partial charge in [0.25, 0.3) is 17.1 Å². The number of hydrogen-bond donors (Lipinski definition) is 2. The minimum atomic E-state index is -0.857. The van der Waals surface area contributed by atoms with E-state index in [0.717, 1.165) is 16.7 Å². The Morgan fingerprint density at radius 3 is 2.40 bits per heavy atom. The van der Waals surface area contributed by atoms with Crippen molar-refractivity contribution in [1.29, 1.82) is 0 Å². The van der Waals surface area contributed by atoms with Gasteiger partial charge in [0.15, 0.2) is 0 Å². The smallest absolute Gasteiger partial charge is 0.289 e. The summed E-state index contributed by atoms with van der Waals surface area (Å²) in [6.07, 6.45) is 0. The molecule has 6 nitrogen and oxygen atoms in total. The zero-order valence-electron chi connectivity index (χ0n) is 14.6. The Balaban J connectivity index is 2.30. The number of carbonyl (C=O) groups excluding carboxylic acids is 3. The number of imide groups is 1. The summed E-state index contributed by atoms with van der Waals surface area (Å²) in [5, 5.41) is 2.91. The Kier molecular flexibility index (Phi) is 5.51. The maximum atomic E-state index is 13.0. The van der Waals surface area contributed by atoms with Crippen molar-refractivity contribution in [2.24, 2.45) is 5.73 Å². The molecule has 0 aromatic heterocycles. The molecule has 1 atom stereocenters. The number of nitrogens with zero attached hydrogens (tertiary/aromatic N) is 1. The van der Waals surface area contributed by atoms with Crippen LogP contribution in [0, 0.1) is 0 Å². The molecule has 0 saturated carbocycles. The van der Waals surface area contributed by atoms with Gasteiger partial charge in [-0.3, -0.25) is 19.3 Å². The third kappa shape index (κ3) is 3.99. The molecule has 1 fully saturated rings. The fourth-order valence-electron chi connectivity index (χ4n) is 2.53. The van der Waals surface area contributed by atoms with E-state index in [1.807, 2.05) is 0 Å². The number of hydrogen-bond acceptors (Lipinski definition) is 5. The van der Waals surface area contributed by atoms with Crippen molar-refractivity contribution in [2.45, 2.75) is 44.0 Å². The molecule has 8 heteroatoms. The normalized spacial score (nSPS) is 20.6. The van der Waals surface area contributed by atoms with E-state index in [0.29, 0.717) is 10.6 Å². The van der Waals surface area contributed by atoms with Crippen LogP contribution in [0.5, 0.6) is 0 Å². The lowest BCUT2D eigenvalue weighted by Crippen LogP contribution is -2.67. The Morgan fingerprint density at radius 1 is 1.32 bits per heavy atom. The third-order valence-corrected chi connectivity index (χ3v) is 5.55. The van der Waals surface area contributed by atoms with Crippen molar-refractivity contribution in [1.82, 2.24) is 10.2 Å². The highest BCUT2D eigenvalue weighted by Crippen LogP contribution is 2.39. The second kappa shape index (κ2) is 6.97. The van der Waals surface area contributed by atoms with Gasteiger partial charge < -0.3 is 11.1 Å². The monoisotopic (exact) mass is 383 g/mol. The van der Waals surface area contributed by atoms with E-state index >= 15 is 0 Å². The van der Waals surface area contributed by atoms with Gasteiger partial charge in [0.05, 0.1) is 5.54 Å². The number of carbonyl (C=O) groups is 3. The summed E-state index contributed by atoms with van der Waals surface area (Å²) in [4.78, 5) is 39.1. The minimum absolute atomic E-state index is 0.128. The van der Waals surface area contributed by atoms with E-state index in [9.17, 15) is 14.4 Å². The molecular formula is C17H22ClN3O3S. The molecule has 3 amide bonds. The predicted molar refractivity (Wildman–Crippen MR) is 99.8 cm³/mol. The molecule has 25 heavy (non-hydrogen) atoms. The highest BCUT2D eigenvalue weighted by Gasteiger charge is 2.51. The molecule has 0 radical (unpaired) electrons. The zero-order valence-corrected chi connectivity index (χ0v) is 16.2. The SMILES string of the molecule is CC1(C)SC(=O)N(C(C)(C)CN)C(=O)C1NC(=O)c1ccc(Cl)cc1. The van der Waals surface area contributed by atoms with Crippen LogP contribution in [0.2, 0.25) is 5.02 Å². The fraction of sp³-hybridized carbons (Fsp3) is 0.471. The first-order valence-electron chi connectivity index (χ1n) is 7.83. The van der Waals surface area contributed by atoms with Crippen LogP contribution in [-0.2, 0) is 4.79 Å². The first-order chi connectivity index (χ1) is 11.5. The summed E-state index contributed by atoms with van der Waals surface area (Å²) in [5.74, 6) is -0.852. The Labute approximate surface area is 156 Å². The average Bonchev–Trinajstić information content (AvgIpc) is 2.50. The standard InChI is InChI=1S/C17H22ClN3O3S/c1-16(2,9-19)21-14(23)12(17(3,4)25-15(21)24)20-13(22)10-5-7-11(18)8-6-10/h5-8,12H,9,19H2,1-4H3,(H,20,22). The van der Waals surface area contributed by atoms with Crippen LogP contribution < -0.4 is 11.1 Å². The van der Waals surface area contributed by atoms with E-state index < -0.39 is 28.1 Å². The van der Waals surface area contributed by atoms with Gasteiger partial charge in [0.2, 0.25) is 0 Å². The van der Waals surface area contributed by atoms with Crippen LogP contribution in [0.3, 0.4) is 0 Å². The number of benzene rings is 1. The van der Waals surface area contributed by atoms with E-state index in [4.69, 9.17) is 17.3 Å². The molecule has 0 spiro atoms. The van der Waals surface area contributed by atoms with Crippen LogP contribution in [0.1, 0.15) is 38.1 Å². The molecule has 1 aromatic carbocycles. The van der Waals surface area contributed by atoms with Crippen LogP contribution in [0.15, 0.2) is 24.3 Å². The van der Waals surface area contributed by atoms with Gasteiger partial charge in [-0.2, -0.15) is 0 Å². The summed E-state index contributed by atoms with van der Waals surface area (Å²) >= 11 is 6.85. The van der Waals surface area contributed by atoms with Gasteiger partial charge in [0.1, 0.15) is 6.04 Å². The van der Waals surface area contributed by atoms with Crippen molar-refractivity contribution in [3.8, 4) is 0 Å². The number of amides is 3. The Hall–Kier alpha value is -1.57. The summed E-state index contributed by atoms with van der Waals surface area (Å²) in [6, 6.07) is 5.51. The van der Waals surface area contributed by atoms with Crippen molar-refractivity contribution in [2.75, 3.05) is 6.54 Å². The van der Waals surface area contributed by atoms with E-state index in [-0.39, 0.29) is 11.8 Å². The number of rotatable bonds is 4.